The first-order valence-corrected chi connectivity index (χ1v) is 9.75. The molecular weight excluding hydrogens is 342 g/mol. The topological polar surface area (TPSA) is 54.8 Å². The van der Waals surface area contributed by atoms with E-state index in [1.165, 1.54) is 0 Å². The Morgan fingerprint density at radius 1 is 1.26 bits per heavy atom. The van der Waals surface area contributed by atoms with Crippen LogP contribution in [-0.4, -0.2) is 59.0 Å². The Kier molecular flexibility index (Phi) is 9.03. The molecule has 1 unspecified atom stereocenters. The fourth-order valence-corrected chi connectivity index (χ4v) is 2.86. The van der Waals surface area contributed by atoms with Crippen LogP contribution in [0.1, 0.15) is 53.2 Å². The molecule has 1 aromatic rings. The van der Waals surface area contributed by atoms with E-state index in [1.807, 2.05) is 64.6 Å². The number of aryl methyl sites for hydroxylation is 1. The Hall–Kier alpha value is -1.82. The fourth-order valence-electron chi connectivity index (χ4n) is 2.86. The van der Waals surface area contributed by atoms with Gasteiger partial charge < -0.3 is 19.1 Å². The molecule has 1 aromatic heterocycles. The van der Waals surface area contributed by atoms with Crippen molar-refractivity contribution in [3.63, 3.8) is 0 Å². The van der Waals surface area contributed by atoms with Crippen molar-refractivity contribution >= 4 is 11.8 Å². The summed E-state index contributed by atoms with van der Waals surface area (Å²) in [6.45, 7) is 11.8. The highest BCUT2D eigenvalue weighted by Gasteiger charge is 2.27. The summed E-state index contributed by atoms with van der Waals surface area (Å²) in [6, 6.07) is 4.00. The third kappa shape index (κ3) is 7.75. The quantitative estimate of drug-likeness (QED) is 0.628. The lowest BCUT2D eigenvalue weighted by Crippen LogP contribution is -2.47. The largest absolute Gasteiger partial charge is 0.383 e. The van der Waals surface area contributed by atoms with E-state index >= 15 is 0 Å². The van der Waals surface area contributed by atoms with Crippen molar-refractivity contribution in [3.05, 3.63) is 24.0 Å². The monoisotopic (exact) mass is 379 g/mol. The summed E-state index contributed by atoms with van der Waals surface area (Å²) in [6.07, 6.45) is 3.21. The van der Waals surface area contributed by atoms with Crippen molar-refractivity contribution < 1.29 is 14.3 Å². The SMILES string of the molecule is CCC(C)N(CC(=O)N(CCOC)Cc1cccn1C)C(=O)CC(C)(C)C. The number of aromatic nitrogens is 1. The van der Waals surface area contributed by atoms with Crippen molar-refractivity contribution in [2.24, 2.45) is 12.5 Å². The molecule has 0 aromatic carbocycles. The molecule has 0 aliphatic heterocycles. The third-order valence-electron chi connectivity index (χ3n) is 4.75. The van der Waals surface area contributed by atoms with Crippen molar-refractivity contribution in [1.29, 1.82) is 0 Å². The van der Waals surface area contributed by atoms with Gasteiger partial charge in [0.2, 0.25) is 11.8 Å². The highest BCUT2D eigenvalue weighted by Crippen LogP contribution is 2.21. The van der Waals surface area contributed by atoms with Gasteiger partial charge in [-0.25, -0.2) is 0 Å². The van der Waals surface area contributed by atoms with Gasteiger partial charge in [0.25, 0.3) is 0 Å². The second-order valence-electron chi connectivity index (χ2n) is 8.43. The minimum absolute atomic E-state index is 0.0307. The number of hydrogen-bond acceptors (Lipinski definition) is 3. The number of hydrogen-bond donors (Lipinski definition) is 0. The number of carbonyl (C=O) groups is 2. The van der Waals surface area contributed by atoms with Crippen LogP contribution in [0.4, 0.5) is 0 Å². The van der Waals surface area contributed by atoms with Crippen LogP contribution in [0.3, 0.4) is 0 Å². The van der Waals surface area contributed by atoms with E-state index in [1.54, 1.807) is 16.9 Å². The molecule has 0 aliphatic rings. The van der Waals surface area contributed by atoms with Gasteiger partial charge in [-0.05, 0) is 30.9 Å². The molecule has 1 atom stereocenters. The van der Waals surface area contributed by atoms with E-state index in [-0.39, 0.29) is 29.8 Å². The van der Waals surface area contributed by atoms with E-state index < -0.39 is 0 Å². The second-order valence-corrected chi connectivity index (χ2v) is 8.43. The number of rotatable bonds is 10. The zero-order chi connectivity index (χ0) is 20.6. The Morgan fingerprint density at radius 2 is 1.93 bits per heavy atom. The highest BCUT2D eigenvalue weighted by atomic mass is 16.5. The number of amides is 2. The summed E-state index contributed by atoms with van der Waals surface area (Å²) >= 11 is 0. The third-order valence-corrected chi connectivity index (χ3v) is 4.75. The van der Waals surface area contributed by atoms with Gasteiger partial charge in [-0.15, -0.1) is 0 Å². The van der Waals surface area contributed by atoms with Crippen LogP contribution in [0.25, 0.3) is 0 Å². The van der Waals surface area contributed by atoms with Gasteiger partial charge in [0.15, 0.2) is 0 Å². The number of ether oxygens (including phenoxy) is 1. The lowest BCUT2D eigenvalue weighted by molar-refractivity contribution is -0.144. The van der Waals surface area contributed by atoms with Gasteiger partial charge in [-0.1, -0.05) is 27.7 Å². The van der Waals surface area contributed by atoms with Gasteiger partial charge in [-0.3, -0.25) is 9.59 Å². The standard InChI is InChI=1S/C21H37N3O3/c1-8-17(2)24(19(25)14-21(3,4)5)16-20(26)23(12-13-27-7)15-18-10-9-11-22(18)6/h9-11,17H,8,12-16H2,1-7H3. The van der Waals surface area contributed by atoms with E-state index in [9.17, 15) is 9.59 Å². The first-order chi connectivity index (χ1) is 12.6. The van der Waals surface area contributed by atoms with Gasteiger partial charge in [0.1, 0.15) is 6.54 Å². The Morgan fingerprint density at radius 3 is 2.41 bits per heavy atom. The average molecular weight is 380 g/mol. The molecule has 0 radical (unpaired) electrons. The van der Waals surface area contributed by atoms with E-state index in [0.717, 1.165) is 12.1 Å². The number of carbonyl (C=O) groups excluding carboxylic acids is 2. The molecule has 0 fully saturated rings. The molecule has 6 nitrogen and oxygen atoms in total. The normalized spacial score (nSPS) is 12.7. The predicted molar refractivity (Wildman–Crippen MR) is 108 cm³/mol. The van der Waals surface area contributed by atoms with Crippen molar-refractivity contribution in [3.8, 4) is 0 Å². The van der Waals surface area contributed by atoms with E-state index in [4.69, 9.17) is 4.74 Å². The smallest absolute Gasteiger partial charge is 0.242 e. The molecule has 1 heterocycles. The molecule has 0 aliphatic carbocycles. The second kappa shape index (κ2) is 10.5. The summed E-state index contributed by atoms with van der Waals surface area (Å²) in [4.78, 5) is 29.4. The van der Waals surface area contributed by atoms with Gasteiger partial charge in [0, 0.05) is 45.1 Å². The Balaban J connectivity index is 2.92. The molecule has 27 heavy (non-hydrogen) atoms. The lowest BCUT2D eigenvalue weighted by atomic mass is 9.91. The summed E-state index contributed by atoms with van der Waals surface area (Å²) < 4.78 is 7.18. The number of nitrogens with zero attached hydrogens (tertiary/aromatic N) is 3. The molecular formula is C21H37N3O3. The predicted octanol–water partition coefficient (Wildman–Crippen LogP) is 3.06. The first kappa shape index (κ1) is 23.2. The average Bonchev–Trinajstić information content (AvgIpc) is 2.98. The minimum Gasteiger partial charge on any atom is -0.383 e. The molecule has 0 saturated heterocycles. The van der Waals surface area contributed by atoms with Crippen LogP contribution >= 0.6 is 0 Å². The Labute approximate surface area is 164 Å². The summed E-state index contributed by atoms with van der Waals surface area (Å²) in [5.74, 6) is -0.00781. The van der Waals surface area contributed by atoms with Crippen LogP contribution in [0, 0.1) is 5.41 Å². The van der Waals surface area contributed by atoms with Crippen LogP contribution in [0.2, 0.25) is 0 Å². The van der Waals surface area contributed by atoms with Gasteiger partial charge in [0.05, 0.1) is 13.2 Å². The van der Waals surface area contributed by atoms with Crippen molar-refractivity contribution in [2.45, 2.75) is 60.0 Å². The molecule has 1 rings (SSSR count). The molecule has 2 amide bonds. The van der Waals surface area contributed by atoms with Crippen LogP contribution < -0.4 is 0 Å². The van der Waals surface area contributed by atoms with Gasteiger partial charge in [-0.2, -0.15) is 0 Å². The Bertz CT molecular complexity index is 604. The maximum Gasteiger partial charge on any atom is 0.242 e. The molecule has 6 heteroatoms. The fraction of sp³-hybridized carbons (Fsp3) is 0.714. The van der Waals surface area contributed by atoms with Gasteiger partial charge >= 0.3 is 0 Å². The van der Waals surface area contributed by atoms with Crippen LogP contribution in [-0.2, 0) is 27.9 Å². The molecule has 0 bridgehead atoms. The molecule has 0 saturated carbocycles. The summed E-state index contributed by atoms with van der Waals surface area (Å²) in [5, 5.41) is 0. The highest BCUT2D eigenvalue weighted by molar-refractivity contribution is 5.85. The zero-order valence-electron chi connectivity index (χ0n) is 18.1. The molecule has 0 N–H and O–H groups in total. The zero-order valence-corrected chi connectivity index (χ0v) is 18.1. The maximum atomic E-state index is 13.1. The number of methoxy groups -OCH3 is 1. The van der Waals surface area contributed by atoms with Crippen molar-refractivity contribution in [2.75, 3.05) is 26.8 Å². The molecule has 0 spiro atoms. The van der Waals surface area contributed by atoms with E-state index in [2.05, 4.69) is 0 Å². The van der Waals surface area contributed by atoms with Crippen LogP contribution in [0.15, 0.2) is 18.3 Å². The van der Waals surface area contributed by atoms with Crippen LogP contribution in [0.5, 0.6) is 0 Å². The van der Waals surface area contributed by atoms with Crippen molar-refractivity contribution in [1.82, 2.24) is 14.4 Å². The molecule has 154 valence electrons. The minimum atomic E-state index is -0.107. The maximum absolute atomic E-state index is 13.1. The summed E-state index contributed by atoms with van der Waals surface area (Å²) in [7, 11) is 3.59. The summed E-state index contributed by atoms with van der Waals surface area (Å²) in [5.41, 5.74) is 0.945. The lowest BCUT2D eigenvalue weighted by Gasteiger charge is -2.33. The first-order valence-electron chi connectivity index (χ1n) is 9.75. The van der Waals surface area contributed by atoms with E-state index in [0.29, 0.717) is 26.1 Å².